The van der Waals surface area contributed by atoms with Gasteiger partial charge in [0.15, 0.2) is 5.82 Å². The average molecular weight is 472 g/mol. The van der Waals surface area contributed by atoms with E-state index in [1.54, 1.807) is 11.7 Å². The van der Waals surface area contributed by atoms with Crippen molar-refractivity contribution in [2.75, 3.05) is 25.0 Å². The Bertz CT molecular complexity index is 1320. The Labute approximate surface area is 206 Å². The lowest BCUT2D eigenvalue weighted by atomic mass is 9.87. The molecule has 0 saturated heterocycles. The maximum atomic E-state index is 12.8. The Morgan fingerprint density at radius 1 is 1.06 bits per heavy atom. The van der Waals surface area contributed by atoms with Crippen molar-refractivity contribution in [3.63, 3.8) is 0 Å². The number of carbonyl (C=O) groups excluding carboxylic acids is 1. The highest BCUT2D eigenvalue weighted by Crippen LogP contribution is 2.32. The van der Waals surface area contributed by atoms with E-state index in [4.69, 9.17) is 10.1 Å². The van der Waals surface area contributed by atoms with Crippen LogP contribution in [0.1, 0.15) is 56.4 Å². The number of aryl methyl sites for hydroxylation is 1. The zero-order valence-corrected chi connectivity index (χ0v) is 21.5. The van der Waals surface area contributed by atoms with E-state index in [9.17, 15) is 4.79 Å². The summed E-state index contributed by atoms with van der Waals surface area (Å²) in [5.74, 6) is 1.05. The number of fused-ring (bicyclic) bond motifs is 1. The molecule has 35 heavy (non-hydrogen) atoms. The molecule has 182 valence electrons. The molecule has 8 nitrogen and oxygen atoms in total. The van der Waals surface area contributed by atoms with Crippen LogP contribution in [0.2, 0.25) is 0 Å². The maximum Gasteiger partial charge on any atom is 0.253 e. The van der Waals surface area contributed by atoms with Gasteiger partial charge in [-0.3, -0.25) is 4.79 Å². The van der Waals surface area contributed by atoms with Gasteiger partial charge in [-0.15, -0.1) is 10.2 Å². The predicted octanol–water partition coefficient (Wildman–Crippen LogP) is 4.84. The van der Waals surface area contributed by atoms with E-state index < -0.39 is 0 Å². The molecule has 0 atom stereocenters. The Balaban J connectivity index is 1.89. The molecule has 1 N–H and O–H groups in total. The van der Waals surface area contributed by atoms with Crippen molar-refractivity contribution in [1.82, 2.24) is 20.2 Å². The second kappa shape index (κ2) is 9.44. The van der Waals surface area contributed by atoms with Gasteiger partial charge in [-0.1, -0.05) is 44.5 Å². The van der Waals surface area contributed by atoms with Gasteiger partial charge in [0.1, 0.15) is 5.71 Å². The van der Waals surface area contributed by atoms with Crippen molar-refractivity contribution < 1.29 is 4.79 Å². The fraction of sp³-hybridized carbons (Fsp3) is 0.370. The van der Waals surface area contributed by atoms with E-state index in [1.807, 2.05) is 43.3 Å². The minimum Gasteiger partial charge on any atom is -0.372 e. The summed E-state index contributed by atoms with van der Waals surface area (Å²) in [6.45, 7) is 14.2. The summed E-state index contributed by atoms with van der Waals surface area (Å²) in [6, 6.07) is 13.9. The molecule has 0 spiro atoms. The van der Waals surface area contributed by atoms with Crippen molar-refractivity contribution in [3.05, 3.63) is 59.4 Å². The number of nitrogens with zero attached hydrogens (tertiary/aromatic N) is 6. The third-order valence-corrected chi connectivity index (χ3v) is 6.08. The highest BCUT2D eigenvalue weighted by Gasteiger charge is 2.35. The number of anilines is 1. The standard InChI is InChI=1S/C27H33N7O/c1-8-33(9-2)19-13-14-21(20(16-19)26(35)28-7)29-22-23(27(4,5)6)32-34-24(30-31-25(22)34)18-12-10-11-17(3)15-18/h10-16H,8-9H2,1-7H3,(H,28,35)/b29-22-. The van der Waals surface area contributed by atoms with Crippen LogP contribution in [0.5, 0.6) is 0 Å². The molecule has 4 rings (SSSR count). The van der Waals surface area contributed by atoms with Crippen LogP contribution in [0.4, 0.5) is 11.4 Å². The summed E-state index contributed by atoms with van der Waals surface area (Å²) in [6.07, 6.45) is 0. The fourth-order valence-corrected chi connectivity index (χ4v) is 4.19. The Morgan fingerprint density at radius 3 is 2.40 bits per heavy atom. The number of benzene rings is 2. The summed E-state index contributed by atoms with van der Waals surface area (Å²) in [5, 5.41) is 16.6. The summed E-state index contributed by atoms with van der Waals surface area (Å²) in [5.41, 5.74) is 5.27. The highest BCUT2D eigenvalue weighted by molar-refractivity contribution is 6.50. The SMILES string of the molecule is CCN(CC)c1ccc(/N=C2/C(C(C)(C)C)=Nn3c2nnc3-c2cccc(C)c2)c(C(=O)NC)c1. The van der Waals surface area contributed by atoms with Gasteiger partial charge in [0, 0.05) is 36.8 Å². The molecule has 1 aliphatic heterocycles. The van der Waals surface area contributed by atoms with Crippen molar-refractivity contribution in [2.45, 2.75) is 41.5 Å². The predicted molar refractivity (Wildman–Crippen MR) is 142 cm³/mol. The smallest absolute Gasteiger partial charge is 0.253 e. The molecule has 0 fully saturated rings. The molecule has 0 aliphatic carbocycles. The molecule has 1 aliphatic rings. The van der Waals surface area contributed by atoms with Crippen LogP contribution in [0.3, 0.4) is 0 Å². The first kappa shape index (κ1) is 24.3. The van der Waals surface area contributed by atoms with Crippen LogP contribution in [0, 0.1) is 12.3 Å². The van der Waals surface area contributed by atoms with Crippen LogP contribution in [-0.2, 0) is 0 Å². The zero-order chi connectivity index (χ0) is 25.3. The van der Waals surface area contributed by atoms with Crippen LogP contribution < -0.4 is 10.2 Å². The molecule has 0 saturated carbocycles. The number of aromatic nitrogens is 3. The van der Waals surface area contributed by atoms with Gasteiger partial charge in [0.05, 0.1) is 17.0 Å². The normalized spacial score (nSPS) is 14.1. The van der Waals surface area contributed by atoms with Crippen LogP contribution in [0.15, 0.2) is 52.6 Å². The molecule has 3 aromatic rings. The highest BCUT2D eigenvalue weighted by atomic mass is 16.1. The van der Waals surface area contributed by atoms with Gasteiger partial charge >= 0.3 is 0 Å². The monoisotopic (exact) mass is 471 g/mol. The van der Waals surface area contributed by atoms with E-state index in [1.165, 1.54) is 0 Å². The molecule has 1 amide bonds. The number of amides is 1. The molecule has 0 unspecified atom stereocenters. The number of carbonyl (C=O) groups is 1. The molecule has 0 bridgehead atoms. The van der Waals surface area contributed by atoms with E-state index >= 15 is 0 Å². The fourth-order valence-electron chi connectivity index (χ4n) is 4.19. The second-order valence-corrected chi connectivity index (χ2v) is 9.64. The third-order valence-electron chi connectivity index (χ3n) is 6.08. The Hall–Kier alpha value is -3.81. The van der Waals surface area contributed by atoms with Crippen molar-refractivity contribution in [1.29, 1.82) is 0 Å². The lowest BCUT2D eigenvalue weighted by Gasteiger charge is -2.22. The van der Waals surface area contributed by atoms with Crippen LogP contribution in [-0.4, -0.2) is 52.3 Å². The lowest BCUT2D eigenvalue weighted by Crippen LogP contribution is -2.27. The topological polar surface area (TPSA) is 87.8 Å². The van der Waals surface area contributed by atoms with Crippen molar-refractivity contribution in [3.8, 4) is 11.4 Å². The third kappa shape index (κ3) is 4.60. The lowest BCUT2D eigenvalue weighted by molar-refractivity contribution is 0.0964. The number of aliphatic imine (C=N–C) groups is 1. The van der Waals surface area contributed by atoms with E-state index in [0.29, 0.717) is 28.6 Å². The second-order valence-electron chi connectivity index (χ2n) is 9.64. The van der Waals surface area contributed by atoms with Gasteiger partial charge in [0.25, 0.3) is 5.91 Å². The first-order valence-corrected chi connectivity index (χ1v) is 12.0. The number of nitrogens with one attached hydrogen (secondary N) is 1. The first-order chi connectivity index (χ1) is 16.7. The van der Waals surface area contributed by atoms with Crippen LogP contribution in [0.25, 0.3) is 11.4 Å². The summed E-state index contributed by atoms with van der Waals surface area (Å²) in [4.78, 5) is 20.0. The average Bonchev–Trinajstić information content (AvgIpc) is 3.40. The van der Waals surface area contributed by atoms with Gasteiger partial charge in [0.2, 0.25) is 5.82 Å². The number of rotatable bonds is 6. The van der Waals surface area contributed by atoms with E-state index in [2.05, 4.69) is 61.1 Å². The number of hydrogen-bond acceptors (Lipinski definition) is 6. The molecule has 1 aromatic heterocycles. The minimum atomic E-state index is -0.294. The summed E-state index contributed by atoms with van der Waals surface area (Å²) in [7, 11) is 1.63. The van der Waals surface area contributed by atoms with Gasteiger partial charge in [-0.2, -0.15) is 9.78 Å². The van der Waals surface area contributed by atoms with Gasteiger partial charge in [-0.25, -0.2) is 4.99 Å². The van der Waals surface area contributed by atoms with Crippen molar-refractivity contribution in [2.24, 2.45) is 15.5 Å². The maximum absolute atomic E-state index is 12.8. The molecule has 2 aromatic carbocycles. The van der Waals surface area contributed by atoms with Gasteiger partial charge in [-0.05, 0) is 45.0 Å². The largest absolute Gasteiger partial charge is 0.372 e. The Morgan fingerprint density at radius 2 is 1.77 bits per heavy atom. The quantitative estimate of drug-likeness (QED) is 0.557. The molecular formula is C27H33N7O. The Kier molecular flexibility index (Phi) is 6.56. The summed E-state index contributed by atoms with van der Waals surface area (Å²) < 4.78 is 1.76. The number of hydrogen-bond donors (Lipinski definition) is 1. The zero-order valence-electron chi connectivity index (χ0n) is 21.5. The molecule has 8 heteroatoms. The van der Waals surface area contributed by atoms with Crippen molar-refractivity contribution >= 4 is 28.7 Å². The van der Waals surface area contributed by atoms with E-state index in [-0.39, 0.29) is 11.3 Å². The molecule has 0 radical (unpaired) electrons. The molecule has 2 heterocycles. The molecular weight excluding hydrogens is 438 g/mol. The first-order valence-electron chi connectivity index (χ1n) is 12.0. The van der Waals surface area contributed by atoms with E-state index in [0.717, 1.165) is 35.6 Å². The van der Waals surface area contributed by atoms with Gasteiger partial charge < -0.3 is 10.2 Å². The minimum absolute atomic E-state index is 0.187. The summed E-state index contributed by atoms with van der Waals surface area (Å²) >= 11 is 0. The van der Waals surface area contributed by atoms with Crippen LogP contribution >= 0.6 is 0 Å².